The first-order chi connectivity index (χ1) is 11.8. The van der Waals surface area contributed by atoms with Crippen molar-refractivity contribution in [2.24, 2.45) is 0 Å². The number of benzene rings is 2. The van der Waals surface area contributed by atoms with Crippen molar-refractivity contribution in [2.75, 3.05) is 6.61 Å². The quantitative estimate of drug-likeness (QED) is 0.606. The van der Waals surface area contributed by atoms with Crippen molar-refractivity contribution in [3.05, 3.63) is 72.3 Å². The van der Waals surface area contributed by atoms with Gasteiger partial charge in [0.2, 0.25) is 0 Å². The number of hydrogen-bond donors (Lipinski definition) is 1. The third-order valence-corrected chi connectivity index (χ3v) is 4.13. The van der Waals surface area contributed by atoms with Crippen molar-refractivity contribution >= 4 is 5.97 Å². The van der Waals surface area contributed by atoms with Crippen LogP contribution in [0.2, 0.25) is 0 Å². The highest BCUT2D eigenvalue weighted by atomic mass is 16.6. The highest BCUT2D eigenvalue weighted by Gasteiger charge is 2.23. The van der Waals surface area contributed by atoms with Gasteiger partial charge < -0.3 is 14.6 Å². The Morgan fingerprint density at radius 3 is 2.16 bits per heavy atom. The summed E-state index contributed by atoms with van der Waals surface area (Å²) in [5.41, 5.74) is 2.06. The summed E-state index contributed by atoms with van der Waals surface area (Å²) >= 11 is 0. The van der Waals surface area contributed by atoms with E-state index in [4.69, 9.17) is 9.47 Å². The van der Waals surface area contributed by atoms with E-state index < -0.39 is 5.97 Å². The minimum Gasteiger partial charge on any atom is -0.508 e. The van der Waals surface area contributed by atoms with Crippen LogP contribution in [0, 0.1) is 0 Å². The highest BCUT2D eigenvalue weighted by molar-refractivity contribution is 5.81. The van der Waals surface area contributed by atoms with Gasteiger partial charge in [0.15, 0.2) is 0 Å². The van der Waals surface area contributed by atoms with Crippen molar-refractivity contribution in [1.29, 1.82) is 0 Å². The van der Waals surface area contributed by atoms with Gasteiger partial charge in [-0.1, -0.05) is 44.7 Å². The standard InChI is InChI=1S/C21H24O4/c1-5-20(23)25-15(2)14-24-19-12-8-17(9-13-19)21(3,4)16-6-10-18(22)11-7-16/h5-13,15,22H,1,14H2,2-4H3. The van der Waals surface area contributed by atoms with Gasteiger partial charge in [-0.15, -0.1) is 0 Å². The molecule has 0 amide bonds. The Morgan fingerprint density at radius 1 is 1.12 bits per heavy atom. The molecule has 0 bridgehead atoms. The second kappa shape index (κ2) is 7.88. The van der Waals surface area contributed by atoms with Crippen LogP contribution in [-0.2, 0) is 14.9 Å². The number of aromatic hydroxyl groups is 1. The van der Waals surface area contributed by atoms with Crippen molar-refractivity contribution in [2.45, 2.75) is 32.3 Å². The number of phenolic OH excluding ortho intramolecular Hbond substituents is 1. The molecular weight excluding hydrogens is 316 g/mol. The minimum absolute atomic E-state index is 0.195. The fourth-order valence-corrected chi connectivity index (χ4v) is 2.51. The summed E-state index contributed by atoms with van der Waals surface area (Å²) in [6.07, 6.45) is 0.787. The molecule has 25 heavy (non-hydrogen) atoms. The van der Waals surface area contributed by atoms with Gasteiger partial charge >= 0.3 is 5.97 Å². The van der Waals surface area contributed by atoms with Crippen LogP contribution in [0.3, 0.4) is 0 Å². The van der Waals surface area contributed by atoms with Crippen LogP contribution in [0.1, 0.15) is 31.9 Å². The van der Waals surface area contributed by atoms with Crippen molar-refractivity contribution in [3.8, 4) is 11.5 Å². The van der Waals surface area contributed by atoms with Crippen molar-refractivity contribution in [3.63, 3.8) is 0 Å². The maximum absolute atomic E-state index is 11.1. The predicted octanol–water partition coefficient (Wildman–Crippen LogP) is 4.21. The lowest BCUT2D eigenvalue weighted by atomic mass is 9.78. The zero-order valence-electron chi connectivity index (χ0n) is 14.9. The molecular formula is C21H24O4. The van der Waals surface area contributed by atoms with Crippen molar-refractivity contribution in [1.82, 2.24) is 0 Å². The molecule has 0 saturated heterocycles. The van der Waals surface area contributed by atoms with Gasteiger partial charge in [-0.05, 0) is 42.3 Å². The van der Waals surface area contributed by atoms with E-state index in [2.05, 4.69) is 20.4 Å². The van der Waals surface area contributed by atoms with Crippen LogP contribution in [-0.4, -0.2) is 23.8 Å². The first-order valence-corrected chi connectivity index (χ1v) is 8.19. The highest BCUT2D eigenvalue weighted by Crippen LogP contribution is 2.33. The van der Waals surface area contributed by atoms with Crippen LogP contribution in [0.4, 0.5) is 0 Å². The average Bonchev–Trinajstić information content (AvgIpc) is 2.60. The third kappa shape index (κ3) is 4.86. The number of rotatable bonds is 7. The molecule has 0 spiro atoms. The first-order valence-electron chi connectivity index (χ1n) is 8.19. The van der Waals surface area contributed by atoms with Gasteiger partial charge in [0, 0.05) is 11.5 Å². The molecule has 4 heteroatoms. The predicted molar refractivity (Wildman–Crippen MR) is 97.9 cm³/mol. The summed E-state index contributed by atoms with van der Waals surface area (Å²) in [4.78, 5) is 11.1. The Hall–Kier alpha value is -2.75. The summed E-state index contributed by atoms with van der Waals surface area (Å²) in [6, 6.07) is 15.1. The molecule has 0 heterocycles. The maximum atomic E-state index is 11.1. The van der Waals surface area contributed by atoms with Crippen LogP contribution >= 0.6 is 0 Å². The molecule has 132 valence electrons. The lowest BCUT2D eigenvalue weighted by molar-refractivity contribution is -0.143. The van der Waals surface area contributed by atoms with Gasteiger partial charge in [0.25, 0.3) is 0 Å². The van der Waals surface area contributed by atoms with E-state index in [1.54, 1.807) is 19.1 Å². The molecule has 2 rings (SSSR count). The van der Waals surface area contributed by atoms with Gasteiger partial charge in [-0.25, -0.2) is 4.79 Å². The molecule has 2 aromatic rings. The molecule has 2 aromatic carbocycles. The zero-order chi connectivity index (χ0) is 18.4. The SMILES string of the molecule is C=CC(=O)OC(C)COc1ccc(C(C)(C)c2ccc(O)cc2)cc1. The number of esters is 1. The smallest absolute Gasteiger partial charge is 0.330 e. The van der Waals surface area contributed by atoms with E-state index in [0.29, 0.717) is 5.75 Å². The zero-order valence-corrected chi connectivity index (χ0v) is 14.9. The third-order valence-electron chi connectivity index (χ3n) is 4.13. The van der Waals surface area contributed by atoms with Crippen LogP contribution < -0.4 is 4.74 Å². The summed E-state index contributed by atoms with van der Waals surface area (Å²) in [6.45, 7) is 9.67. The van der Waals surface area contributed by atoms with E-state index >= 15 is 0 Å². The fraction of sp³-hybridized carbons (Fsp3) is 0.286. The minimum atomic E-state index is -0.456. The molecule has 0 radical (unpaired) electrons. The molecule has 0 aliphatic heterocycles. The first kappa shape index (κ1) is 18.6. The Balaban J connectivity index is 2.02. The molecule has 1 N–H and O–H groups in total. The van der Waals surface area contributed by atoms with Crippen LogP contribution in [0.15, 0.2) is 61.2 Å². The molecule has 0 fully saturated rings. The molecule has 0 aliphatic carbocycles. The molecule has 0 saturated carbocycles. The van der Waals surface area contributed by atoms with E-state index in [1.807, 2.05) is 36.4 Å². The molecule has 0 aliphatic rings. The average molecular weight is 340 g/mol. The molecule has 0 aromatic heterocycles. The second-order valence-corrected chi connectivity index (χ2v) is 6.46. The maximum Gasteiger partial charge on any atom is 0.330 e. The van der Waals surface area contributed by atoms with Gasteiger partial charge in [-0.3, -0.25) is 0 Å². The number of carbonyl (C=O) groups is 1. The second-order valence-electron chi connectivity index (χ2n) is 6.46. The summed E-state index contributed by atoms with van der Waals surface area (Å²) in [7, 11) is 0. The van der Waals surface area contributed by atoms with Crippen LogP contribution in [0.25, 0.3) is 0 Å². The summed E-state index contributed by atoms with van der Waals surface area (Å²) in [5, 5.41) is 9.45. The molecule has 1 unspecified atom stereocenters. The van der Waals surface area contributed by atoms with Crippen molar-refractivity contribution < 1.29 is 19.4 Å². The number of carbonyl (C=O) groups excluding carboxylic acids is 1. The Labute approximate surface area is 148 Å². The molecule has 1 atom stereocenters. The topological polar surface area (TPSA) is 55.8 Å². The normalized spacial score (nSPS) is 12.3. The van der Waals surface area contributed by atoms with E-state index in [0.717, 1.165) is 17.2 Å². The summed E-state index contributed by atoms with van der Waals surface area (Å²) < 4.78 is 10.7. The van der Waals surface area contributed by atoms with Gasteiger partial charge in [0.1, 0.15) is 24.2 Å². The number of hydrogen-bond acceptors (Lipinski definition) is 4. The van der Waals surface area contributed by atoms with E-state index in [1.165, 1.54) is 0 Å². The Morgan fingerprint density at radius 2 is 1.64 bits per heavy atom. The fourth-order valence-electron chi connectivity index (χ4n) is 2.51. The monoisotopic (exact) mass is 340 g/mol. The lowest BCUT2D eigenvalue weighted by Crippen LogP contribution is -2.21. The van der Waals surface area contributed by atoms with Gasteiger partial charge in [-0.2, -0.15) is 0 Å². The number of ether oxygens (including phenoxy) is 2. The Kier molecular flexibility index (Phi) is 5.86. The Bertz CT molecular complexity index is 715. The van der Waals surface area contributed by atoms with Crippen LogP contribution in [0.5, 0.6) is 11.5 Å². The summed E-state index contributed by atoms with van der Waals surface area (Å²) in [5.74, 6) is 0.517. The van der Waals surface area contributed by atoms with Gasteiger partial charge in [0.05, 0.1) is 0 Å². The van der Waals surface area contributed by atoms with E-state index in [9.17, 15) is 9.90 Å². The van der Waals surface area contributed by atoms with E-state index in [-0.39, 0.29) is 23.9 Å². The lowest BCUT2D eigenvalue weighted by Gasteiger charge is -2.26. The molecule has 4 nitrogen and oxygen atoms in total. The largest absolute Gasteiger partial charge is 0.508 e. The number of phenols is 1.